The first-order valence-electron chi connectivity index (χ1n) is 6.04. The zero-order valence-electron chi connectivity index (χ0n) is 10.9. The summed E-state index contributed by atoms with van der Waals surface area (Å²) in [5, 5.41) is 3.28. The second-order valence-electron chi connectivity index (χ2n) is 4.32. The zero-order valence-corrected chi connectivity index (χ0v) is 10.9. The molecule has 0 saturated heterocycles. The van der Waals surface area contributed by atoms with Gasteiger partial charge in [-0.2, -0.15) is 0 Å². The monoisotopic (exact) mass is 231 g/mol. The molecule has 1 atom stereocenters. The van der Waals surface area contributed by atoms with Crippen LogP contribution in [-0.4, -0.2) is 13.2 Å². The summed E-state index contributed by atoms with van der Waals surface area (Å²) in [6.45, 7) is 4.06. The average molecular weight is 231 g/mol. The third-order valence-corrected chi connectivity index (χ3v) is 2.56. The van der Waals surface area contributed by atoms with Crippen molar-refractivity contribution in [3.8, 4) is 18.1 Å². The molecule has 2 nitrogen and oxygen atoms in total. The molecule has 1 N–H and O–H groups in total. The van der Waals surface area contributed by atoms with E-state index in [2.05, 4.69) is 23.4 Å². The van der Waals surface area contributed by atoms with Crippen molar-refractivity contribution in [2.24, 2.45) is 0 Å². The van der Waals surface area contributed by atoms with Crippen LogP contribution in [0.3, 0.4) is 0 Å². The van der Waals surface area contributed by atoms with E-state index in [0.29, 0.717) is 6.04 Å². The highest BCUT2D eigenvalue weighted by Crippen LogP contribution is 2.23. The molecular formula is C15H21NO. The van der Waals surface area contributed by atoms with Gasteiger partial charge in [-0.1, -0.05) is 12.1 Å². The Morgan fingerprint density at radius 2 is 2.18 bits per heavy atom. The summed E-state index contributed by atoms with van der Waals surface area (Å²) >= 11 is 0. The Balaban J connectivity index is 2.78. The topological polar surface area (TPSA) is 21.3 Å². The molecule has 0 radical (unpaired) electrons. The summed E-state index contributed by atoms with van der Waals surface area (Å²) in [6, 6.07) is 8.48. The SMILES string of the molecule is C#CCCC(NC)c1cccc(OC(C)C)c1. The Hall–Kier alpha value is -1.46. The zero-order chi connectivity index (χ0) is 12.7. The van der Waals surface area contributed by atoms with Gasteiger partial charge < -0.3 is 10.1 Å². The Morgan fingerprint density at radius 1 is 1.41 bits per heavy atom. The molecule has 2 heteroatoms. The number of rotatable bonds is 6. The van der Waals surface area contributed by atoms with Crippen LogP contribution >= 0.6 is 0 Å². The Bertz CT molecular complexity index is 379. The highest BCUT2D eigenvalue weighted by molar-refractivity contribution is 5.30. The number of hydrogen-bond donors (Lipinski definition) is 1. The smallest absolute Gasteiger partial charge is 0.120 e. The van der Waals surface area contributed by atoms with E-state index in [4.69, 9.17) is 11.2 Å². The van der Waals surface area contributed by atoms with Crippen molar-refractivity contribution in [1.82, 2.24) is 5.32 Å². The van der Waals surface area contributed by atoms with Crippen molar-refractivity contribution in [2.75, 3.05) is 7.05 Å². The van der Waals surface area contributed by atoms with Crippen LogP contribution < -0.4 is 10.1 Å². The lowest BCUT2D eigenvalue weighted by Gasteiger charge is -2.17. The molecule has 0 amide bonds. The second kappa shape index (κ2) is 6.98. The fourth-order valence-corrected chi connectivity index (χ4v) is 1.78. The summed E-state index contributed by atoms with van der Waals surface area (Å²) in [4.78, 5) is 0. The Kier molecular flexibility index (Phi) is 5.59. The highest BCUT2D eigenvalue weighted by atomic mass is 16.5. The van der Waals surface area contributed by atoms with Crippen LogP contribution in [0.4, 0.5) is 0 Å². The molecule has 0 aliphatic heterocycles. The molecular weight excluding hydrogens is 210 g/mol. The van der Waals surface area contributed by atoms with Crippen molar-refractivity contribution in [3.63, 3.8) is 0 Å². The Labute approximate surface area is 104 Å². The largest absolute Gasteiger partial charge is 0.491 e. The fraction of sp³-hybridized carbons (Fsp3) is 0.467. The molecule has 0 aliphatic rings. The van der Waals surface area contributed by atoms with Crippen molar-refractivity contribution in [3.05, 3.63) is 29.8 Å². The molecule has 92 valence electrons. The van der Waals surface area contributed by atoms with Crippen LogP contribution in [0.1, 0.15) is 38.3 Å². The van der Waals surface area contributed by atoms with E-state index in [0.717, 1.165) is 18.6 Å². The van der Waals surface area contributed by atoms with Crippen LogP contribution in [0.25, 0.3) is 0 Å². The van der Waals surface area contributed by atoms with E-state index in [1.54, 1.807) is 0 Å². The third-order valence-electron chi connectivity index (χ3n) is 2.56. The van der Waals surface area contributed by atoms with Gasteiger partial charge in [-0.15, -0.1) is 12.3 Å². The van der Waals surface area contributed by atoms with Crippen LogP contribution in [0.2, 0.25) is 0 Å². The summed E-state index contributed by atoms with van der Waals surface area (Å²) in [5.74, 6) is 3.59. The van der Waals surface area contributed by atoms with Crippen LogP contribution in [0.15, 0.2) is 24.3 Å². The van der Waals surface area contributed by atoms with Gasteiger partial charge in [0.1, 0.15) is 5.75 Å². The summed E-state index contributed by atoms with van der Waals surface area (Å²) in [6.07, 6.45) is 7.22. The first kappa shape index (κ1) is 13.6. The Morgan fingerprint density at radius 3 is 2.76 bits per heavy atom. The number of ether oxygens (including phenoxy) is 1. The normalized spacial score (nSPS) is 12.2. The van der Waals surface area contributed by atoms with Gasteiger partial charge in [-0.25, -0.2) is 0 Å². The van der Waals surface area contributed by atoms with Gasteiger partial charge in [-0.3, -0.25) is 0 Å². The van der Waals surface area contributed by atoms with Gasteiger partial charge in [0.15, 0.2) is 0 Å². The van der Waals surface area contributed by atoms with Crippen LogP contribution in [0, 0.1) is 12.3 Å². The van der Waals surface area contributed by atoms with E-state index in [9.17, 15) is 0 Å². The third kappa shape index (κ3) is 4.50. The molecule has 1 aromatic rings. The minimum absolute atomic E-state index is 0.198. The maximum absolute atomic E-state index is 5.69. The molecule has 17 heavy (non-hydrogen) atoms. The quantitative estimate of drug-likeness (QED) is 0.759. The molecule has 0 aliphatic carbocycles. The van der Waals surface area contributed by atoms with E-state index >= 15 is 0 Å². The van der Waals surface area contributed by atoms with Crippen LogP contribution in [0.5, 0.6) is 5.75 Å². The molecule has 0 saturated carbocycles. The van der Waals surface area contributed by atoms with Gasteiger partial charge in [0, 0.05) is 12.5 Å². The lowest BCUT2D eigenvalue weighted by atomic mass is 10.0. The summed E-state index contributed by atoms with van der Waals surface area (Å²) in [5.41, 5.74) is 1.22. The summed E-state index contributed by atoms with van der Waals surface area (Å²) < 4.78 is 5.69. The first-order valence-corrected chi connectivity index (χ1v) is 6.04. The van der Waals surface area contributed by atoms with Gasteiger partial charge in [-0.05, 0) is 45.0 Å². The number of terminal acetylenes is 1. The number of nitrogens with one attached hydrogen (secondary N) is 1. The molecule has 1 aromatic carbocycles. The van der Waals surface area contributed by atoms with Crippen molar-refractivity contribution >= 4 is 0 Å². The van der Waals surface area contributed by atoms with Gasteiger partial charge >= 0.3 is 0 Å². The number of hydrogen-bond acceptors (Lipinski definition) is 2. The fourth-order valence-electron chi connectivity index (χ4n) is 1.78. The average Bonchev–Trinajstić information content (AvgIpc) is 2.30. The van der Waals surface area contributed by atoms with Gasteiger partial charge in [0.05, 0.1) is 6.10 Å². The predicted molar refractivity (Wildman–Crippen MR) is 72.1 cm³/mol. The van der Waals surface area contributed by atoms with E-state index in [-0.39, 0.29) is 6.10 Å². The second-order valence-corrected chi connectivity index (χ2v) is 4.32. The number of benzene rings is 1. The van der Waals surface area contributed by atoms with Crippen molar-refractivity contribution in [1.29, 1.82) is 0 Å². The van der Waals surface area contributed by atoms with Crippen LogP contribution in [-0.2, 0) is 0 Å². The predicted octanol–water partition coefficient (Wildman–Crippen LogP) is 3.15. The van der Waals surface area contributed by atoms with Gasteiger partial charge in [0.25, 0.3) is 0 Å². The van der Waals surface area contributed by atoms with E-state index in [1.165, 1.54) is 5.56 Å². The standard InChI is InChI=1S/C15H21NO/c1-5-6-10-15(16-4)13-8-7-9-14(11-13)17-12(2)3/h1,7-9,11-12,15-16H,6,10H2,2-4H3. The summed E-state index contributed by atoms with van der Waals surface area (Å²) in [7, 11) is 1.96. The lowest BCUT2D eigenvalue weighted by molar-refractivity contribution is 0.242. The molecule has 1 rings (SSSR count). The minimum Gasteiger partial charge on any atom is -0.491 e. The highest BCUT2D eigenvalue weighted by Gasteiger charge is 2.09. The van der Waals surface area contributed by atoms with E-state index < -0.39 is 0 Å². The maximum Gasteiger partial charge on any atom is 0.120 e. The van der Waals surface area contributed by atoms with Crippen molar-refractivity contribution < 1.29 is 4.74 Å². The molecule has 0 bridgehead atoms. The maximum atomic E-state index is 5.69. The van der Waals surface area contributed by atoms with Gasteiger partial charge in [0.2, 0.25) is 0 Å². The molecule has 0 aromatic heterocycles. The lowest BCUT2D eigenvalue weighted by Crippen LogP contribution is -2.16. The molecule has 0 spiro atoms. The van der Waals surface area contributed by atoms with E-state index in [1.807, 2.05) is 33.0 Å². The van der Waals surface area contributed by atoms with Crippen molar-refractivity contribution in [2.45, 2.75) is 38.8 Å². The molecule has 0 heterocycles. The minimum atomic E-state index is 0.198. The first-order chi connectivity index (χ1) is 8.17. The molecule has 1 unspecified atom stereocenters. The molecule has 0 fully saturated rings.